The van der Waals surface area contributed by atoms with Gasteiger partial charge in [-0.15, -0.1) is 0 Å². The number of carbonyl (C=O) groups excluding carboxylic acids is 5. The number of hydrogen-bond acceptors (Lipinski definition) is 6. The van der Waals surface area contributed by atoms with Gasteiger partial charge < -0.3 is 25.6 Å². The molecule has 1 saturated carbocycles. The molecule has 10 nitrogen and oxygen atoms in total. The molecule has 3 rings (SSSR count). The van der Waals surface area contributed by atoms with E-state index >= 15 is 0 Å². The second-order valence-corrected chi connectivity index (χ2v) is 13.1. The van der Waals surface area contributed by atoms with Crippen molar-refractivity contribution < 1.29 is 33.1 Å². The average Bonchev–Trinajstić information content (AvgIpc) is 3.49. The highest BCUT2D eigenvalue weighted by Gasteiger charge is 2.55. The molecule has 43 heavy (non-hydrogen) atoms. The van der Waals surface area contributed by atoms with Crippen molar-refractivity contribution in [2.45, 2.75) is 111 Å². The Morgan fingerprint density at radius 1 is 0.977 bits per heavy atom. The van der Waals surface area contributed by atoms with E-state index in [2.05, 4.69) is 16.0 Å². The van der Waals surface area contributed by atoms with Crippen LogP contribution in [0.25, 0.3) is 0 Å². The van der Waals surface area contributed by atoms with Crippen LogP contribution in [0.15, 0.2) is 30.3 Å². The summed E-state index contributed by atoms with van der Waals surface area (Å²) in [5, 5.41) is 8.08. The minimum Gasteiger partial charge on any atom is -0.447 e. The van der Waals surface area contributed by atoms with Gasteiger partial charge in [-0.2, -0.15) is 0 Å². The van der Waals surface area contributed by atoms with Gasteiger partial charge in [-0.1, -0.05) is 64.4 Å². The van der Waals surface area contributed by atoms with Crippen LogP contribution in [-0.2, 0) is 23.9 Å². The van der Waals surface area contributed by atoms with Gasteiger partial charge in [0, 0.05) is 12.5 Å². The van der Waals surface area contributed by atoms with Gasteiger partial charge in [-0.3, -0.25) is 19.2 Å². The Bertz CT molecular complexity index is 1170. The second kappa shape index (κ2) is 14.3. The number of amides is 4. The standard InChI is InChI=1S/C32H47FN4O6/c1-8-12-24(26(38)29(40)34-19(4)20-13-10-9-11-14-20)35-28(39)25-21-15-16-23(33)22(21)17-37(25)30(41)27(32(5,6)7)36-31(42)43-18(2)3/h9-11,13-14,18-19,21-25,27H,8,12,15-17H2,1-7H3,(H,34,40)(H,35,39)(H,36,42)/t19-,21-,22-,23-,24?,25-,27+/m0/s1. The zero-order chi connectivity index (χ0) is 32.1. The summed E-state index contributed by atoms with van der Waals surface area (Å²) in [7, 11) is 0. The Hall–Kier alpha value is -3.50. The van der Waals surface area contributed by atoms with Crippen molar-refractivity contribution in [3.8, 4) is 0 Å². The first-order valence-corrected chi connectivity index (χ1v) is 15.3. The molecule has 7 atom stereocenters. The number of Topliss-reactive ketones (excluding diaryl/α,β-unsaturated/α-hetero) is 1. The van der Waals surface area contributed by atoms with E-state index in [0.717, 1.165) is 5.56 Å². The number of benzene rings is 1. The van der Waals surface area contributed by atoms with Crippen molar-refractivity contribution in [1.29, 1.82) is 0 Å². The third-order valence-electron chi connectivity index (χ3n) is 8.29. The summed E-state index contributed by atoms with van der Waals surface area (Å²) in [5.41, 5.74) is 0.0713. The lowest BCUT2D eigenvalue weighted by Gasteiger charge is -2.36. The minimum absolute atomic E-state index is 0.0116. The predicted octanol–water partition coefficient (Wildman–Crippen LogP) is 3.84. The molecule has 1 aromatic carbocycles. The molecule has 1 aliphatic carbocycles. The van der Waals surface area contributed by atoms with Gasteiger partial charge in [0.2, 0.25) is 17.6 Å². The van der Waals surface area contributed by atoms with Crippen LogP contribution in [0.5, 0.6) is 0 Å². The molecule has 0 radical (unpaired) electrons. The van der Waals surface area contributed by atoms with E-state index in [1.54, 1.807) is 41.5 Å². The van der Waals surface area contributed by atoms with Crippen LogP contribution in [0.4, 0.5) is 9.18 Å². The van der Waals surface area contributed by atoms with Gasteiger partial charge in [0.25, 0.3) is 5.91 Å². The zero-order valence-electron chi connectivity index (χ0n) is 26.3. The number of ether oxygens (including phenoxy) is 1. The highest BCUT2D eigenvalue weighted by atomic mass is 19.1. The first-order chi connectivity index (χ1) is 20.1. The van der Waals surface area contributed by atoms with Crippen LogP contribution in [0.2, 0.25) is 0 Å². The zero-order valence-corrected chi connectivity index (χ0v) is 26.3. The van der Waals surface area contributed by atoms with E-state index in [1.165, 1.54) is 4.90 Å². The molecule has 1 aliphatic heterocycles. The first kappa shape index (κ1) is 34.0. The Labute approximate surface area is 253 Å². The molecule has 2 fully saturated rings. The molecular weight excluding hydrogens is 555 g/mol. The van der Waals surface area contributed by atoms with Gasteiger partial charge in [0.05, 0.1) is 18.2 Å². The van der Waals surface area contributed by atoms with Gasteiger partial charge in [-0.05, 0) is 56.9 Å². The maximum Gasteiger partial charge on any atom is 0.408 e. The third kappa shape index (κ3) is 8.32. The van der Waals surface area contributed by atoms with E-state index in [0.29, 0.717) is 12.8 Å². The van der Waals surface area contributed by atoms with Crippen LogP contribution in [0.3, 0.4) is 0 Å². The fourth-order valence-corrected chi connectivity index (χ4v) is 6.07. The minimum atomic E-state index is -1.18. The molecule has 0 spiro atoms. The van der Waals surface area contributed by atoms with E-state index in [-0.39, 0.29) is 19.4 Å². The topological polar surface area (TPSA) is 134 Å². The van der Waals surface area contributed by atoms with Crippen LogP contribution in [-0.4, -0.2) is 71.4 Å². The molecule has 1 aromatic rings. The van der Waals surface area contributed by atoms with Crippen molar-refractivity contribution in [3.05, 3.63) is 35.9 Å². The molecule has 1 heterocycles. The van der Waals surface area contributed by atoms with Gasteiger partial charge in [0.1, 0.15) is 18.3 Å². The molecule has 1 unspecified atom stereocenters. The number of hydrogen-bond donors (Lipinski definition) is 3. The fourth-order valence-electron chi connectivity index (χ4n) is 6.07. The van der Waals surface area contributed by atoms with E-state index in [9.17, 15) is 28.4 Å². The van der Waals surface area contributed by atoms with Crippen molar-refractivity contribution in [3.63, 3.8) is 0 Å². The number of carbonyl (C=O) groups is 5. The number of alkyl halides is 1. The Morgan fingerprint density at radius 3 is 2.21 bits per heavy atom. The molecule has 0 aromatic heterocycles. The quantitative estimate of drug-likeness (QED) is 0.330. The van der Waals surface area contributed by atoms with Crippen molar-refractivity contribution >= 4 is 29.6 Å². The van der Waals surface area contributed by atoms with Crippen molar-refractivity contribution in [1.82, 2.24) is 20.9 Å². The molecule has 3 N–H and O–H groups in total. The number of alkyl carbamates (subject to hydrolysis) is 1. The summed E-state index contributed by atoms with van der Waals surface area (Å²) in [4.78, 5) is 67.9. The number of likely N-dealkylation sites (tertiary alicyclic amines) is 1. The highest BCUT2D eigenvalue weighted by molar-refractivity contribution is 6.38. The van der Waals surface area contributed by atoms with Crippen molar-refractivity contribution in [2.24, 2.45) is 17.3 Å². The summed E-state index contributed by atoms with van der Waals surface area (Å²) < 4.78 is 20.2. The largest absolute Gasteiger partial charge is 0.447 e. The Balaban J connectivity index is 1.82. The van der Waals surface area contributed by atoms with Crippen molar-refractivity contribution in [2.75, 3.05) is 6.54 Å². The maximum atomic E-state index is 15.0. The number of rotatable bonds is 11. The van der Waals surface area contributed by atoms with Crippen LogP contribution in [0, 0.1) is 17.3 Å². The van der Waals surface area contributed by atoms with E-state index in [4.69, 9.17) is 4.74 Å². The molecule has 238 valence electrons. The fraction of sp³-hybridized carbons (Fsp3) is 0.656. The molecule has 2 aliphatic rings. The summed E-state index contributed by atoms with van der Waals surface area (Å²) >= 11 is 0. The third-order valence-corrected chi connectivity index (χ3v) is 8.29. The highest BCUT2D eigenvalue weighted by Crippen LogP contribution is 2.44. The van der Waals surface area contributed by atoms with Gasteiger partial charge >= 0.3 is 6.09 Å². The SMILES string of the molecule is CCCC(NC(=O)[C@@H]1[C@H]2CC[C@H](F)[C@H]2CN1C(=O)[C@@H](NC(=O)OC(C)C)C(C)(C)C)C(=O)C(=O)N[C@@H](C)c1ccccc1. The lowest BCUT2D eigenvalue weighted by atomic mass is 9.85. The molecule has 4 amide bonds. The maximum absolute atomic E-state index is 15.0. The molecule has 11 heteroatoms. The molecular formula is C32H47FN4O6. The summed E-state index contributed by atoms with van der Waals surface area (Å²) in [6, 6.07) is 5.55. The van der Waals surface area contributed by atoms with Crippen LogP contribution >= 0.6 is 0 Å². The number of ketones is 1. The summed E-state index contributed by atoms with van der Waals surface area (Å²) in [6.45, 7) is 12.3. The summed E-state index contributed by atoms with van der Waals surface area (Å²) in [5.74, 6) is -3.74. The lowest BCUT2D eigenvalue weighted by Crippen LogP contribution is -2.60. The Morgan fingerprint density at radius 2 is 1.63 bits per heavy atom. The summed E-state index contributed by atoms with van der Waals surface area (Å²) in [6.07, 6.45) is -0.949. The number of nitrogens with one attached hydrogen (secondary N) is 3. The van der Waals surface area contributed by atoms with Crippen LogP contribution < -0.4 is 16.0 Å². The predicted molar refractivity (Wildman–Crippen MR) is 159 cm³/mol. The molecule has 0 bridgehead atoms. The average molecular weight is 603 g/mol. The smallest absolute Gasteiger partial charge is 0.408 e. The van der Waals surface area contributed by atoms with E-state index in [1.807, 2.05) is 37.3 Å². The van der Waals surface area contributed by atoms with Crippen LogP contribution in [0.1, 0.15) is 85.8 Å². The normalized spacial score (nSPS) is 23.6. The molecule has 1 saturated heterocycles. The first-order valence-electron chi connectivity index (χ1n) is 15.3. The second-order valence-electron chi connectivity index (χ2n) is 13.1. The van der Waals surface area contributed by atoms with E-state index < -0.39 is 83.3 Å². The number of halogens is 1. The monoisotopic (exact) mass is 602 g/mol. The number of fused-ring (bicyclic) bond motifs is 1. The lowest BCUT2D eigenvalue weighted by molar-refractivity contribution is -0.144. The Kier molecular flexibility index (Phi) is 11.3. The van der Waals surface area contributed by atoms with Gasteiger partial charge in [0.15, 0.2) is 0 Å². The van der Waals surface area contributed by atoms with Gasteiger partial charge in [-0.25, -0.2) is 9.18 Å². The number of nitrogens with zero attached hydrogens (tertiary/aromatic N) is 1.